The lowest BCUT2D eigenvalue weighted by Crippen LogP contribution is -2.43. The minimum absolute atomic E-state index is 0.0874. The zero-order valence-corrected chi connectivity index (χ0v) is 13.4. The lowest BCUT2D eigenvalue weighted by Gasteiger charge is -2.34. The van der Waals surface area contributed by atoms with Gasteiger partial charge in [0.1, 0.15) is 11.5 Å². The smallest absolute Gasteiger partial charge is 0.257 e. The summed E-state index contributed by atoms with van der Waals surface area (Å²) >= 11 is 5.91. The Bertz CT molecular complexity index is 475. The average Bonchev–Trinajstić information content (AvgIpc) is 2.70. The summed E-state index contributed by atoms with van der Waals surface area (Å²) in [4.78, 5) is 14.9. The Morgan fingerprint density at radius 3 is 2.35 bits per heavy atom. The van der Waals surface area contributed by atoms with Crippen molar-refractivity contribution in [1.29, 1.82) is 0 Å². The molecule has 0 aliphatic heterocycles. The third-order valence-corrected chi connectivity index (χ3v) is 4.55. The zero-order valence-electron chi connectivity index (χ0n) is 12.7. The fourth-order valence-electron chi connectivity index (χ4n) is 3.19. The van der Waals surface area contributed by atoms with Crippen LogP contribution in [-0.4, -0.2) is 29.3 Å². The Hall–Kier alpha value is -0.960. The molecule has 0 saturated heterocycles. The van der Waals surface area contributed by atoms with Gasteiger partial charge in [-0.1, -0.05) is 19.3 Å². The predicted molar refractivity (Wildman–Crippen MR) is 81.5 cm³/mol. The maximum Gasteiger partial charge on any atom is 0.257 e. The minimum Gasteiger partial charge on any atom is -0.466 e. The van der Waals surface area contributed by atoms with Crippen LogP contribution in [0.4, 0.5) is 0 Å². The van der Waals surface area contributed by atoms with Crippen molar-refractivity contribution in [3.8, 4) is 0 Å². The number of alkyl halides is 1. The van der Waals surface area contributed by atoms with Gasteiger partial charge in [-0.3, -0.25) is 4.79 Å². The molecule has 1 saturated carbocycles. The standard InChI is InChI=1S/C16H24ClNO2/c1-11-12(2)20-13(3)15(11)16(19)18(10-9-17)14-7-5-4-6-8-14/h14H,4-10H2,1-3H3. The summed E-state index contributed by atoms with van der Waals surface area (Å²) < 4.78 is 5.60. The van der Waals surface area contributed by atoms with E-state index in [2.05, 4.69) is 0 Å². The number of furan rings is 1. The highest BCUT2D eigenvalue weighted by molar-refractivity contribution is 6.18. The number of carbonyl (C=O) groups excluding carboxylic acids is 1. The number of amides is 1. The maximum absolute atomic E-state index is 12.9. The molecule has 0 N–H and O–H groups in total. The van der Waals surface area contributed by atoms with Gasteiger partial charge in [-0.05, 0) is 33.6 Å². The van der Waals surface area contributed by atoms with Crippen molar-refractivity contribution in [1.82, 2.24) is 4.90 Å². The van der Waals surface area contributed by atoms with Crippen LogP contribution < -0.4 is 0 Å². The van der Waals surface area contributed by atoms with Crippen molar-refractivity contribution in [2.45, 2.75) is 58.9 Å². The van der Waals surface area contributed by atoms with Crippen molar-refractivity contribution in [3.63, 3.8) is 0 Å². The third kappa shape index (κ3) is 3.03. The molecule has 4 heteroatoms. The Morgan fingerprint density at radius 1 is 1.20 bits per heavy atom. The highest BCUT2D eigenvalue weighted by atomic mass is 35.5. The van der Waals surface area contributed by atoms with Crippen LogP contribution in [0, 0.1) is 20.8 Å². The van der Waals surface area contributed by atoms with Crippen LogP contribution >= 0.6 is 11.6 Å². The van der Waals surface area contributed by atoms with Crippen molar-refractivity contribution >= 4 is 17.5 Å². The van der Waals surface area contributed by atoms with Crippen LogP contribution in [0.5, 0.6) is 0 Å². The molecule has 2 rings (SSSR count). The Balaban J connectivity index is 2.26. The molecule has 0 radical (unpaired) electrons. The lowest BCUT2D eigenvalue weighted by molar-refractivity contribution is 0.0647. The maximum atomic E-state index is 12.9. The van der Waals surface area contributed by atoms with Crippen LogP contribution in [0.15, 0.2) is 4.42 Å². The summed E-state index contributed by atoms with van der Waals surface area (Å²) in [7, 11) is 0. The number of carbonyl (C=O) groups is 1. The average molecular weight is 298 g/mol. The van der Waals surface area contributed by atoms with Crippen LogP contribution in [0.25, 0.3) is 0 Å². The number of nitrogens with zero attached hydrogens (tertiary/aromatic N) is 1. The summed E-state index contributed by atoms with van der Waals surface area (Å²) in [5.74, 6) is 2.13. The van der Waals surface area contributed by atoms with Gasteiger partial charge < -0.3 is 9.32 Å². The molecule has 20 heavy (non-hydrogen) atoms. The Morgan fingerprint density at radius 2 is 1.85 bits per heavy atom. The van der Waals surface area contributed by atoms with E-state index in [9.17, 15) is 4.79 Å². The molecule has 1 amide bonds. The summed E-state index contributed by atoms with van der Waals surface area (Å²) in [5.41, 5.74) is 1.70. The van der Waals surface area contributed by atoms with E-state index in [0.29, 0.717) is 18.5 Å². The minimum atomic E-state index is 0.0874. The van der Waals surface area contributed by atoms with Crippen molar-refractivity contribution < 1.29 is 9.21 Å². The highest BCUT2D eigenvalue weighted by Gasteiger charge is 2.29. The first-order chi connectivity index (χ1) is 9.56. The van der Waals surface area contributed by atoms with Gasteiger partial charge in [0.2, 0.25) is 0 Å². The molecule has 0 spiro atoms. The SMILES string of the molecule is Cc1oc(C)c(C(=O)N(CCCl)C2CCCCC2)c1C. The summed E-state index contributed by atoms with van der Waals surface area (Å²) in [6.45, 7) is 6.35. The first-order valence-electron chi connectivity index (χ1n) is 7.49. The molecule has 3 nitrogen and oxygen atoms in total. The van der Waals surface area contributed by atoms with Crippen LogP contribution in [0.3, 0.4) is 0 Å². The fraction of sp³-hybridized carbons (Fsp3) is 0.688. The Kier molecular flexibility index (Phi) is 5.14. The monoisotopic (exact) mass is 297 g/mol. The van der Waals surface area contributed by atoms with Crippen molar-refractivity contribution in [2.24, 2.45) is 0 Å². The van der Waals surface area contributed by atoms with Gasteiger partial charge in [-0.15, -0.1) is 11.6 Å². The van der Waals surface area contributed by atoms with Gasteiger partial charge in [-0.25, -0.2) is 0 Å². The molecule has 1 aromatic rings. The predicted octanol–water partition coefficient (Wildman–Crippen LogP) is 4.22. The molecule has 1 aliphatic carbocycles. The van der Waals surface area contributed by atoms with Gasteiger partial charge in [0.15, 0.2) is 0 Å². The summed E-state index contributed by atoms with van der Waals surface area (Å²) in [5, 5.41) is 0. The quantitative estimate of drug-likeness (QED) is 0.780. The second-order valence-electron chi connectivity index (χ2n) is 5.69. The number of aryl methyl sites for hydroxylation is 2. The second-order valence-corrected chi connectivity index (χ2v) is 6.07. The van der Waals surface area contributed by atoms with E-state index in [1.807, 2.05) is 25.7 Å². The molecular weight excluding hydrogens is 274 g/mol. The van der Waals surface area contributed by atoms with Crippen LogP contribution in [0.1, 0.15) is 59.5 Å². The van der Waals surface area contributed by atoms with Crippen LogP contribution in [0.2, 0.25) is 0 Å². The first kappa shape index (κ1) is 15.4. The zero-order chi connectivity index (χ0) is 14.7. The highest BCUT2D eigenvalue weighted by Crippen LogP contribution is 2.27. The van der Waals surface area contributed by atoms with Gasteiger partial charge in [0.25, 0.3) is 5.91 Å². The number of rotatable bonds is 4. The van der Waals surface area contributed by atoms with E-state index in [1.54, 1.807) is 0 Å². The molecular formula is C16H24ClNO2. The molecule has 1 fully saturated rings. The van der Waals surface area contributed by atoms with Gasteiger partial charge in [0.05, 0.1) is 5.56 Å². The fourth-order valence-corrected chi connectivity index (χ4v) is 3.37. The van der Waals surface area contributed by atoms with Crippen molar-refractivity contribution in [2.75, 3.05) is 12.4 Å². The normalized spacial score (nSPS) is 16.4. The molecule has 0 atom stereocenters. The molecule has 1 aromatic heterocycles. The molecule has 0 aromatic carbocycles. The third-order valence-electron chi connectivity index (χ3n) is 4.38. The van der Waals surface area contributed by atoms with E-state index >= 15 is 0 Å². The summed E-state index contributed by atoms with van der Waals surface area (Å²) in [6.07, 6.45) is 5.88. The molecule has 1 heterocycles. The largest absolute Gasteiger partial charge is 0.466 e. The molecule has 0 unspecified atom stereocenters. The topological polar surface area (TPSA) is 33.5 Å². The number of halogens is 1. The summed E-state index contributed by atoms with van der Waals surface area (Å²) in [6, 6.07) is 0.337. The number of hydrogen-bond acceptors (Lipinski definition) is 2. The van der Waals surface area contributed by atoms with E-state index < -0.39 is 0 Å². The van der Waals surface area contributed by atoms with Crippen LogP contribution in [-0.2, 0) is 0 Å². The van der Waals surface area contributed by atoms with Gasteiger partial charge in [0, 0.05) is 24.0 Å². The molecule has 1 aliphatic rings. The molecule has 112 valence electrons. The van der Waals surface area contributed by atoms with E-state index in [4.69, 9.17) is 16.0 Å². The van der Waals surface area contributed by atoms with Gasteiger partial charge in [-0.2, -0.15) is 0 Å². The van der Waals surface area contributed by atoms with Crippen molar-refractivity contribution in [3.05, 3.63) is 22.6 Å². The first-order valence-corrected chi connectivity index (χ1v) is 8.03. The van der Waals surface area contributed by atoms with E-state index in [0.717, 1.165) is 35.5 Å². The molecule has 0 bridgehead atoms. The Labute approximate surface area is 126 Å². The van der Waals surface area contributed by atoms with E-state index in [-0.39, 0.29) is 5.91 Å². The number of hydrogen-bond donors (Lipinski definition) is 0. The lowest BCUT2D eigenvalue weighted by atomic mass is 9.93. The van der Waals surface area contributed by atoms with E-state index in [1.165, 1.54) is 19.3 Å². The van der Waals surface area contributed by atoms with Gasteiger partial charge >= 0.3 is 0 Å². The second kappa shape index (κ2) is 6.66.